The van der Waals surface area contributed by atoms with E-state index in [1.807, 2.05) is 32.0 Å². The van der Waals surface area contributed by atoms with Gasteiger partial charge in [0.15, 0.2) is 0 Å². The van der Waals surface area contributed by atoms with Crippen molar-refractivity contribution < 1.29 is 19.1 Å². The summed E-state index contributed by atoms with van der Waals surface area (Å²) in [6.45, 7) is 9.52. The summed E-state index contributed by atoms with van der Waals surface area (Å²) in [6.07, 6.45) is 2.64. The molecular formula is C23H26N2O4S. The van der Waals surface area contributed by atoms with E-state index < -0.39 is 23.2 Å². The third-order valence-corrected chi connectivity index (χ3v) is 6.09. The van der Waals surface area contributed by atoms with Crippen molar-refractivity contribution in [3.8, 4) is 5.69 Å². The predicted molar refractivity (Wildman–Crippen MR) is 119 cm³/mol. The van der Waals surface area contributed by atoms with Crippen LogP contribution in [0.3, 0.4) is 0 Å². The minimum atomic E-state index is -0.952. The van der Waals surface area contributed by atoms with Gasteiger partial charge in [0, 0.05) is 17.1 Å². The first-order valence-electron chi connectivity index (χ1n) is 10.0. The highest BCUT2D eigenvalue weighted by molar-refractivity contribution is 8.18. The lowest BCUT2D eigenvalue weighted by molar-refractivity contribution is -0.150. The number of aryl methyl sites for hydroxylation is 2. The van der Waals surface area contributed by atoms with Crippen molar-refractivity contribution in [2.75, 3.05) is 6.61 Å². The molecule has 158 valence electrons. The molecular weight excluding hydrogens is 400 g/mol. The zero-order valence-corrected chi connectivity index (χ0v) is 18.7. The van der Waals surface area contributed by atoms with E-state index in [0.29, 0.717) is 4.91 Å². The minimum absolute atomic E-state index is 0.195. The zero-order valence-electron chi connectivity index (χ0n) is 17.9. The lowest BCUT2D eigenvalue weighted by Crippen LogP contribution is -2.42. The van der Waals surface area contributed by atoms with Crippen molar-refractivity contribution in [1.29, 1.82) is 0 Å². The fourth-order valence-electron chi connectivity index (χ4n) is 3.66. The molecule has 0 bridgehead atoms. The summed E-state index contributed by atoms with van der Waals surface area (Å²) in [6, 6.07) is 9.28. The fourth-order valence-corrected chi connectivity index (χ4v) is 4.55. The Kier molecular flexibility index (Phi) is 6.51. The first-order chi connectivity index (χ1) is 14.3. The monoisotopic (exact) mass is 426 g/mol. The average molecular weight is 427 g/mol. The Bertz CT molecular complexity index is 1040. The molecule has 1 saturated heterocycles. The molecule has 1 aliphatic heterocycles. The van der Waals surface area contributed by atoms with Crippen molar-refractivity contribution in [2.45, 2.75) is 47.1 Å². The van der Waals surface area contributed by atoms with Crippen molar-refractivity contribution in [2.24, 2.45) is 0 Å². The predicted octanol–water partition coefficient (Wildman–Crippen LogP) is 4.64. The fraction of sp³-hybridized carbons (Fsp3) is 0.348. The standard InChI is InChI=1S/C23H26N2O4S/c1-6-17-10-8-9-11-19(17)24-14(3)12-18(15(24)4)13-20-21(26)25(23(28)30-20)16(5)22(27)29-7-2/h8-13,16H,6-7H2,1-5H3/b20-13+/t16-/m0/s1. The molecule has 1 fully saturated rings. The van der Waals surface area contributed by atoms with Gasteiger partial charge in [0.05, 0.1) is 11.5 Å². The first-order valence-corrected chi connectivity index (χ1v) is 10.8. The lowest BCUT2D eigenvalue weighted by Gasteiger charge is -2.19. The van der Waals surface area contributed by atoms with Gasteiger partial charge in [0.1, 0.15) is 6.04 Å². The molecule has 2 amide bonds. The summed E-state index contributed by atoms with van der Waals surface area (Å²) in [7, 11) is 0. The molecule has 1 aromatic carbocycles. The molecule has 30 heavy (non-hydrogen) atoms. The number of imide groups is 1. The first kappa shape index (κ1) is 21.9. The molecule has 0 unspecified atom stereocenters. The van der Waals surface area contributed by atoms with Crippen LogP contribution in [0.5, 0.6) is 0 Å². The van der Waals surface area contributed by atoms with E-state index in [2.05, 4.69) is 23.6 Å². The second kappa shape index (κ2) is 8.92. The van der Waals surface area contributed by atoms with Gasteiger partial charge in [-0.15, -0.1) is 0 Å². The highest BCUT2D eigenvalue weighted by Gasteiger charge is 2.41. The number of nitrogens with zero attached hydrogens (tertiary/aromatic N) is 2. The smallest absolute Gasteiger partial charge is 0.329 e. The summed E-state index contributed by atoms with van der Waals surface area (Å²) in [5.74, 6) is -1.06. The largest absolute Gasteiger partial charge is 0.464 e. The Hall–Kier alpha value is -2.80. The van der Waals surface area contributed by atoms with Gasteiger partial charge in [-0.25, -0.2) is 4.79 Å². The number of hydrogen-bond acceptors (Lipinski definition) is 5. The maximum Gasteiger partial charge on any atom is 0.329 e. The summed E-state index contributed by atoms with van der Waals surface area (Å²) in [5, 5.41) is -0.461. The van der Waals surface area contributed by atoms with E-state index in [1.165, 1.54) is 12.5 Å². The van der Waals surface area contributed by atoms with Crippen molar-refractivity contribution in [3.05, 3.63) is 57.8 Å². The second-order valence-electron chi connectivity index (χ2n) is 7.12. The molecule has 1 aromatic heterocycles. The van der Waals surface area contributed by atoms with Crippen LogP contribution in [0.2, 0.25) is 0 Å². The van der Waals surface area contributed by atoms with Crippen LogP contribution in [0, 0.1) is 13.8 Å². The highest BCUT2D eigenvalue weighted by atomic mass is 32.2. The Morgan fingerprint density at radius 1 is 1.20 bits per heavy atom. The second-order valence-corrected chi connectivity index (χ2v) is 8.12. The Morgan fingerprint density at radius 3 is 2.57 bits per heavy atom. The number of amides is 2. The van der Waals surface area contributed by atoms with Crippen LogP contribution in [0.25, 0.3) is 11.8 Å². The highest BCUT2D eigenvalue weighted by Crippen LogP contribution is 2.35. The molecule has 0 aliphatic carbocycles. The number of benzene rings is 1. The van der Waals surface area contributed by atoms with Gasteiger partial charge in [0.2, 0.25) is 0 Å². The lowest BCUT2D eigenvalue weighted by atomic mass is 10.1. The van der Waals surface area contributed by atoms with E-state index in [9.17, 15) is 14.4 Å². The summed E-state index contributed by atoms with van der Waals surface area (Å²) >= 11 is 0.849. The molecule has 3 rings (SSSR count). The number of hydrogen-bond donors (Lipinski definition) is 0. The van der Waals surface area contributed by atoms with Gasteiger partial charge in [-0.3, -0.25) is 14.5 Å². The third-order valence-electron chi connectivity index (χ3n) is 5.21. The van der Waals surface area contributed by atoms with E-state index >= 15 is 0 Å². The van der Waals surface area contributed by atoms with Gasteiger partial charge in [-0.1, -0.05) is 25.1 Å². The van der Waals surface area contributed by atoms with Gasteiger partial charge >= 0.3 is 5.97 Å². The van der Waals surface area contributed by atoms with Crippen LogP contribution >= 0.6 is 11.8 Å². The van der Waals surface area contributed by atoms with E-state index in [0.717, 1.165) is 45.7 Å². The number of aromatic nitrogens is 1. The van der Waals surface area contributed by atoms with Gasteiger partial charge in [0.25, 0.3) is 11.1 Å². The maximum absolute atomic E-state index is 12.8. The molecule has 0 N–H and O–H groups in total. The minimum Gasteiger partial charge on any atom is -0.464 e. The molecule has 2 heterocycles. The van der Waals surface area contributed by atoms with Crippen molar-refractivity contribution in [3.63, 3.8) is 0 Å². The molecule has 1 atom stereocenters. The van der Waals surface area contributed by atoms with E-state index in [4.69, 9.17) is 4.74 Å². The topological polar surface area (TPSA) is 68.6 Å². The van der Waals surface area contributed by atoms with Crippen molar-refractivity contribution in [1.82, 2.24) is 9.47 Å². The number of para-hydroxylation sites is 1. The number of esters is 1. The Balaban J connectivity index is 1.96. The molecule has 0 spiro atoms. The third kappa shape index (κ3) is 3.94. The molecule has 2 aromatic rings. The number of thioether (sulfide) groups is 1. The quantitative estimate of drug-likeness (QED) is 0.497. The van der Waals surface area contributed by atoms with Crippen molar-refractivity contribution >= 4 is 35.0 Å². The normalized spacial score (nSPS) is 16.4. The van der Waals surface area contributed by atoms with Crippen LogP contribution < -0.4 is 0 Å². The molecule has 0 saturated carbocycles. The number of rotatable bonds is 6. The molecule has 7 heteroatoms. The van der Waals surface area contributed by atoms with Crippen LogP contribution in [-0.2, 0) is 20.7 Å². The number of ether oxygens (including phenoxy) is 1. The van der Waals surface area contributed by atoms with Gasteiger partial charge in [-0.05, 0) is 75.2 Å². The maximum atomic E-state index is 12.8. The SMILES string of the molecule is CCOC(=O)[C@H](C)N1C(=O)S/C(=C/c2cc(C)n(-c3ccccc3CC)c2C)C1=O. The molecule has 1 aliphatic rings. The van der Waals surface area contributed by atoms with Gasteiger partial charge < -0.3 is 9.30 Å². The Labute approximate surface area is 180 Å². The number of carbonyl (C=O) groups excluding carboxylic acids is 3. The van der Waals surface area contributed by atoms with Gasteiger partial charge in [-0.2, -0.15) is 0 Å². The Morgan fingerprint density at radius 2 is 1.90 bits per heavy atom. The van der Waals surface area contributed by atoms with Crippen LogP contribution in [0.4, 0.5) is 4.79 Å². The summed E-state index contributed by atoms with van der Waals surface area (Å²) < 4.78 is 7.12. The summed E-state index contributed by atoms with van der Waals surface area (Å²) in [4.78, 5) is 38.5. The summed E-state index contributed by atoms with van der Waals surface area (Å²) in [5.41, 5.74) is 5.23. The van der Waals surface area contributed by atoms with E-state index in [1.54, 1.807) is 13.0 Å². The molecule has 0 radical (unpaired) electrons. The van der Waals surface area contributed by atoms with Crippen LogP contribution in [0.15, 0.2) is 35.2 Å². The average Bonchev–Trinajstić information content (AvgIpc) is 3.16. The number of carbonyl (C=O) groups is 3. The molecule has 6 nitrogen and oxygen atoms in total. The van der Waals surface area contributed by atoms with Crippen LogP contribution in [0.1, 0.15) is 43.3 Å². The van der Waals surface area contributed by atoms with Crippen LogP contribution in [-0.4, -0.2) is 39.2 Å². The zero-order chi connectivity index (χ0) is 22.0. The van der Waals surface area contributed by atoms with E-state index in [-0.39, 0.29) is 6.61 Å².